The molecule has 1 aliphatic heterocycles. The average Bonchev–Trinajstić information content (AvgIpc) is 3.04. The minimum absolute atomic E-state index is 0.0000903. The van der Waals surface area contributed by atoms with Crippen molar-refractivity contribution < 1.29 is 4.79 Å². The largest absolute Gasteiger partial charge is 0.372 e. The topological polar surface area (TPSA) is 84.7 Å². The lowest BCUT2D eigenvalue weighted by Gasteiger charge is -2.29. The van der Waals surface area contributed by atoms with Crippen LogP contribution < -0.4 is 10.6 Å². The first-order valence-corrected chi connectivity index (χ1v) is 10.4. The maximum Gasteiger partial charge on any atom is 0.245 e. The second-order valence-electron chi connectivity index (χ2n) is 8.44. The molecule has 0 spiro atoms. The van der Waals surface area contributed by atoms with E-state index in [4.69, 9.17) is 0 Å². The summed E-state index contributed by atoms with van der Waals surface area (Å²) in [5.74, 6) is 1.83. The van der Waals surface area contributed by atoms with Gasteiger partial charge in [0, 0.05) is 42.7 Å². The number of nitrogens with one attached hydrogen (secondary N) is 2. The summed E-state index contributed by atoms with van der Waals surface area (Å²) in [6.45, 7) is 6.65. The lowest BCUT2D eigenvalue weighted by molar-refractivity contribution is -0.125. The first-order chi connectivity index (χ1) is 14.4. The Morgan fingerprint density at radius 1 is 1.07 bits per heavy atom. The molecule has 30 heavy (non-hydrogen) atoms. The monoisotopic (exact) mass is 404 g/mol. The summed E-state index contributed by atoms with van der Waals surface area (Å²) in [7, 11) is 0. The summed E-state index contributed by atoms with van der Waals surface area (Å²) in [5, 5.41) is 15.4. The van der Waals surface area contributed by atoms with Crippen molar-refractivity contribution in [2.75, 3.05) is 5.32 Å². The van der Waals surface area contributed by atoms with Gasteiger partial charge >= 0.3 is 0 Å². The van der Waals surface area contributed by atoms with Crippen LogP contribution in [0.4, 0.5) is 5.69 Å². The molecule has 2 N–H and O–H groups in total. The van der Waals surface area contributed by atoms with Crippen molar-refractivity contribution in [1.29, 1.82) is 0 Å². The summed E-state index contributed by atoms with van der Waals surface area (Å²) in [6, 6.07) is 12.1. The molecular formula is C23H28N6O. The molecular weight excluding hydrogens is 376 g/mol. The number of hydrogen-bond acceptors (Lipinski definition) is 5. The Hall–Kier alpha value is -3.22. The number of carbonyl (C=O) groups is 1. The maximum absolute atomic E-state index is 13.0. The van der Waals surface area contributed by atoms with Crippen LogP contribution in [0.5, 0.6) is 0 Å². The molecule has 0 saturated heterocycles. The van der Waals surface area contributed by atoms with Crippen molar-refractivity contribution in [3.8, 4) is 11.4 Å². The molecule has 7 heteroatoms. The third kappa shape index (κ3) is 4.35. The highest BCUT2D eigenvalue weighted by Gasteiger charge is 2.30. The molecule has 1 amide bonds. The van der Waals surface area contributed by atoms with Gasteiger partial charge in [-0.1, -0.05) is 17.7 Å². The van der Waals surface area contributed by atoms with Gasteiger partial charge in [0.2, 0.25) is 5.91 Å². The minimum atomic E-state index is -0.709. The van der Waals surface area contributed by atoms with Crippen molar-refractivity contribution in [1.82, 2.24) is 25.1 Å². The summed E-state index contributed by atoms with van der Waals surface area (Å²) in [5.41, 5.74) is 2.43. The van der Waals surface area contributed by atoms with Crippen molar-refractivity contribution in [3.05, 3.63) is 60.2 Å². The van der Waals surface area contributed by atoms with E-state index in [1.165, 1.54) is 5.56 Å². The molecule has 0 aliphatic carbocycles. The van der Waals surface area contributed by atoms with Gasteiger partial charge in [-0.15, -0.1) is 10.2 Å². The highest BCUT2D eigenvalue weighted by molar-refractivity contribution is 5.88. The molecule has 0 bridgehead atoms. The molecule has 2 aromatic heterocycles. The summed E-state index contributed by atoms with van der Waals surface area (Å²) < 4.78 is 2.16. The zero-order valence-corrected chi connectivity index (χ0v) is 17.7. The number of aromatic nitrogens is 4. The van der Waals surface area contributed by atoms with E-state index < -0.39 is 5.54 Å². The van der Waals surface area contributed by atoms with Gasteiger partial charge in [0.15, 0.2) is 5.82 Å². The number of fused-ring (bicyclic) bond motifs is 1. The Labute approximate surface area is 176 Å². The number of hydrogen-bond donors (Lipinski definition) is 2. The summed E-state index contributed by atoms with van der Waals surface area (Å²) >= 11 is 0. The highest BCUT2D eigenvalue weighted by atomic mass is 16.2. The molecule has 0 saturated carbocycles. The molecule has 0 fully saturated rings. The number of nitrogens with zero attached hydrogens (tertiary/aromatic N) is 4. The van der Waals surface area contributed by atoms with Crippen LogP contribution in [0.25, 0.3) is 11.4 Å². The van der Waals surface area contributed by atoms with Crippen LogP contribution in [0.3, 0.4) is 0 Å². The van der Waals surface area contributed by atoms with Crippen LogP contribution in [0.15, 0.2) is 48.8 Å². The van der Waals surface area contributed by atoms with Gasteiger partial charge in [-0.3, -0.25) is 9.78 Å². The zero-order chi connectivity index (χ0) is 21.1. The molecule has 0 radical (unpaired) electrons. The van der Waals surface area contributed by atoms with Crippen LogP contribution in [0.1, 0.15) is 38.1 Å². The highest BCUT2D eigenvalue weighted by Crippen LogP contribution is 2.23. The van der Waals surface area contributed by atoms with Crippen molar-refractivity contribution >= 4 is 11.6 Å². The van der Waals surface area contributed by atoms with Crippen molar-refractivity contribution in [2.45, 2.75) is 58.2 Å². The van der Waals surface area contributed by atoms with Gasteiger partial charge in [0.25, 0.3) is 0 Å². The number of carbonyl (C=O) groups excluding carboxylic acids is 1. The molecule has 1 atom stereocenters. The van der Waals surface area contributed by atoms with E-state index in [1.807, 2.05) is 57.2 Å². The zero-order valence-electron chi connectivity index (χ0n) is 17.7. The Kier molecular flexibility index (Phi) is 5.53. The lowest BCUT2D eigenvalue weighted by atomic mass is 10.0. The molecule has 1 unspecified atom stereocenters. The molecule has 3 heterocycles. The number of amides is 1. The Balaban J connectivity index is 1.40. The Bertz CT molecular complexity index is 1010. The van der Waals surface area contributed by atoms with Crippen molar-refractivity contribution in [2.24, 2.45) is 0 Å². The van der Waals surface area contributed by atoms with E-state index in [2.05, 4.69) is 30.4 Å². The molecule has 7 nitrogen and oxygen atoms in total. The number of aryl methyl sites for hydroxylation is 2. The van der Waals surface area contributed by atoms with E-state index in [9.17, 15) is 4.79 Å². The smallest absolute Gasteiger partial charge is 0.245 e. The van der Waals surface area contributed by atoms with Gasteiger partial charge < -0.3 is 15.2 Å². The van der Waals surface area contributed by atoms with E-state index >= 15 is 0 Å². The van der Waals surface area contributed by atoms with Crippen molar-refractivity contribution in [3.63, 3.8) is 0 Å². The van der Waals surface area contributed by atoms with E-state index in [-0.39, 0.29) is 11.9 Å². The van der Waals surface area contributed by atoms with Gasteiger partial charge in [0.05, 0.1) is 0 Å². The predicted molar refractivity (Wildman–Crippen MR) is 117 cm³/mol. The molecule has 3 aromatic rings. The summed E-state index contributed by atoms with van der Waals surface area (Å²) in [4.78, 5) is 17.1. The average molecular weight is 405 g/mol. The SMILES string of the molecule is Cc1ccc(NC(C)(C)C(=O)NC2CCc3nnc(-c4ccncc4)n3CC2)cc1. The Morgan fingerprint density at radius 2 is 1.80 bits per heavy atom. The van der Waals surface area contributed by atoms with Gasteiger partial charge in [0.1, 0.15) is 11.4 Å². The predicted octanol–water partition coefficient (Wildman–Crippen LogP) is 3.36. The minimum Gasteiger partial charge on any atom is -0.372 e. The molecule has 1 aromatic carbocycles. The summed E-state index contributed by atoms with van der Waals surface area (Å²) in [6.07, 6.45) is 6.00. The number of rotatable bonds is 5. The fourth-order valence-electron chi connectivity index (χ4n) is 3.77. The second-order valence-corrected chi connectivity index (χ2v) is 8.44. The number of anilines is 1. The van der Waals surface area contributed by atoms with Crippen LogP contribution in [0.2, 0.25) is 0 Å². The fourth-order valence-corrected chi connectivity index (χ4v) is 3.77. The van der Waals surface area contributed by atoms with E-state index in [0.717, 1.165) is 48.7 Å². The lowest BCUT2D eigenvalue weighted by Crippen LogP contribution is -2.51. The van der Waals surface area contributed by atoms with Crippen LogP contribution in [-0.2, 0) is 17.8 Å². The first kappa shape index (κ1) is 20.1. The number of benzene rings is 1. The number of pyridine rings is 1. The third-order valence-corrected chi connectivity index (χ3v) is 5.59. The second kappa shape index (κ2) is 8.26. The van der Waals surface area contributed by atoms with Crippen LogP contribution >= 0.6 is 0 Å². The Morgan fingerprint density at radius 3 is 2.53 bits per heavy atom. The molecule has 4 rings (SSSR count). The normalized spacial score (nSPS) is 16.4. The fraction of sp³-hybridized carbons (Fsp3) is 0.391. The van der Waals surface area contributed by atoms with Gasteiger partial charge in [-0.2, -0.15) is 0 Å². The van der Waals surface area contributed by atoms with E-state index in [0.29, 0.717) is 0 Å². The standard InChI is InChI=1S/C23H28N6O/c1-16-4-6-19(7-5-16)26-23(2,3)22(30)25-18-8-9-20-27-28-21(29(20)15-12-18)17-10-13-24-14-11-17/h4-7,10-11,13-14,18,26H,8-9,12,15H2,1-3H3,(H,25,30). The molecule has 156 valence electrons. The van der Waals surface area contributed by atoms with Crippen LogP contribution in [-0.4, -0.2) is 37.2 Å². The van der Waals surface area contributed by atoms with Crippen LogP contribution in [0, 0.1) is 6.92 Å². The molecule has 1 aliphatic rings. The third-order valence-electron chi connectivity index (χ3n) is 5.59. The quantitative estimate of drug-likeness (QED) is 0.681. The van der Waals surface area contributed by atoms with E-state index in [1.54, 1.807) is 12.4 Å². The van der Waals surface area contributed by atoms with Gasteiger partial charge in [-0.05, 0) is 57.9 Å². The maximum atomic E-state index is 13.0. The first-order valence-electron chi connectivity index (χ1n) is 10.4. The van der Waals surface area contributed by atoms with Gasteiger partial charge in [-0.25, -0.2) is 0 Å².